The zero-order valence-electron chi connectivity index (χ0n) is 16.8. The first-order valence-electron chi connectivity index (χ1n) is 9.57. The second kappa shape index (κ2) is 8.67. The molecule has 0 atom stereocenters. The number of hydrogen-bond donors (Lipinski definition) is 0. The average Bonchev–Trinajstić information content (AvgIpc) is 2.70. The predicted molar refractivity (Wildman–Crippen MR) is 108 cm³/mol. The van der Waals surface area contributed by atoms with E-state index in [0.717, 1.165) is 30.4 Å². The van der Waals surface area contributed by atoms with Gasteiger partial charge in [-0.3, -0.25) is 4.79 Å². The maximum Gasteiger partial charge on any atom is 0.272 e. The number of carbonyl (C=O) groups is 1. The number of aromatic nitrogens is 1. The number of carbonyl (C=O) groups excluding carboxylic acids is 1. The van der Waals surface area contributed by atoms with Crippen LogP contribution in [0.5, 0.6) is 5.88 Å². The molecule has 146 valence electrons. The van der Waals surface area contributed by atoms with E-state index in [9.17, 15) is 4.79 Å². The minimum Gasteiger partial charge on any atom is -0.481 e. The van der Waals surface area contributed by atoms with E-state index in [0.29, 0.717) is 24.2 Å². The highest BCUT2D eigenvalue weighted by atomic mass is 16.5. The van der Waals surface area contributed by atoms with E-state index in [-0.39, 0.29) is 5.91 Å². The number of pyridine rings is 1. The third kappa shape index (κ3) is 4.57. The monoisotopic (exact) mass is 370 g/mol. The molecule has 1 aromatic heterocycles. The molecular formula is C21H30N4O2. The van der Waals surface area contributed by atoms with Gasteiger partial charge in [0.25, 0.3) is 5.91 Å². The predicted octanol–water partition coefficient (Wildman–Crippen LogP) is 2.34. The Balaban J connectivity index is 1.64. The second-order valence-electron chi connectivity index (χ2n) is 7.48. The molecule has 0 spiro atoms. The summed E-state index contributed by atoms with van der Waals surface area (Å²) in [5.74, 6) is 0.420. The number of likely N-dealkylation sites (tertiary alicyclic amines) is 1. The topological polar surface area (TPSA) is 48.9 Å². The summed E-state index contributed by atoms with van der Waals surface area (Å²) in [4.78, 5) is 23.8. The number of piperidine rings is 1. The lowest BCUT2D eigenvalue weighted by Gasteiger charge is -2.35. The van der Waals surface area contributed by atoms with Crippen LogP contribution in [-0.2, 0) is 0 Å². The maximum atomic E-state index is 12.9. The summed E-state index contributed by atoms with van der Waals surface area (Å²) >= 11 is 0. The number of rotatable bonds is 6. The minimum atomic E-state index is -0.0733. The van der Waals surface area contributed by atoms with Crippen LogP contribution >= 0.6 is 0 Å². The highest BCUT2D eigenvalue weighted by Crippen LogP contribution is 2.24. The van der Waals surface area contributed by atoms with Crippen LogP contribution in [0.3, 0.4) is 0 Å². The number of ether oxygens (including phenoxy) is 1. The molecule has 1 aliphatic heterocycles. The Morgan fingerprint density at radius 3 is 2.63 bits per heavy atom. The molecule has 1 fully saturated rings. The summed E-state index contributed by atoms with van der Waals surface area (Å²) < 4.78 is 5.39. The van der Waals surface area contributed by atoms with Crippen molar-refractivity contribution in [2.24, 2.45) is 0 Å². The summed E-state index contributed by atoms with van der Waals surface area (Å²) in [5.41, 5.74) is 0.426. The normalized spacial score (nSPS) is 16.0. The number of hydrogen-bond acceptors (Lipinski definition) is 5. The maximum absolute atomic E-state index is 12.9. The lowest BCUT2D eigenvalue weighted by atomic mass is 10.0. The van der Waals surface area contributed by atoms with E-state index < -0.39 is 0 Å². The highest BCUT2D eigenvalue weighted by Gasteiger charge is 2.22. The smallest absolute Gasteiger partial charge is 0.272 e. The molecule has 0 unspecified atom stereocenters. The molecule has 6 nitrogen and oxygen atoms in total. The molecule has 1 saturated heterocycles. The number of methoxy groups -OCH3 is 1. The molecule has 0 N–H and O–H groups in total. The van der Waals surface area contributed by atoms with E-state index in [2.05, 4.69) is 28.9 Å². The molecule has 2 aromatic rings. The van der Waals surface area contributed by atoms with Gasteiger partial charge in [-0.15, -0.1) is 0 Å². The third-order valence-corrected chi connectivity index (χ3v) is 5.56. The molecule has 0 aliphatic carbocycles. The largest absolute Gasteiger partial charge is 0.481 e. The van der Waals surface area contributed by atoms with Crippen LogP contribution in [0, 0.1) is 0 Å². The van der Waals surface area contributed by atoms with Crippen LogP contribution in [-0.4, -0.2) is 86.1 Å². The zero-order valence-corrected chi connectivity index (χ0v) is 16.8. The number of benzene rings is 1. The average molecular weight is 370 g/mol. The summed E-state index contributed by atoms with van der Waals surface area (Å²) in [5, 5.41) is 1.88. The minimum absolute atomic E-state index is 0.0733. The Morgan fingerprint density at radius 1 is 1.22 bits per heavy atom. The fourth-order valence-electron chi connectivity index (χ4n) is 3.66. The Labute approximate surface area is 161 Å². The molecule has 27 heavy (non-hydrogen) atoms. The molecule has 0 radical (unpaired) electrons. The van der Waals surface area contributed by atoms with Gasteiger partial charge >= 0.3 is 0 Å². The van der Waals surface area contributed by atoms with Crippen LogP contribution in [0.2, 0.25) is 0 Å². The van der Waals surface area contributed by atoms with Crippen LogP contribution in [0.4, 0.5) is 0 Å². The van der Waals surface area contributed by atoms with Crippen LogP contribution in [0.15, 0.2) is 30.3 Å². The summed E-state index contributed by atoms with van der Waals surface area (Å²) in [6.45, 7) is 3.83. The molecule has 0 saturated carbocycles. The van der Waals surface area contributed by atoms with Crippen molar-refractivity contribution in [2.75, 3.05) is 54.4 Å². The Hall–Kier alpha value is -2.18. The van der Waals surface area contributed by atoms with E-state index in [1.165, 1.54) is 12.8 Å². The van der Waals surface area contributed by atoms with E-state index in [4.69, 9.17) is 4.74 Å². The fraction of sp³-hybridized carbons (Fsp3) is 0.524. The van der Waals surface area contributed by atoms with Gasteiger partial charge in [-0.1, -0.05) is 18.2 Å². The highest BCUT2D eigenvalue weighted by molar-refractivity contribution is 5.98. The third-order valence-electron chi connectivity index (χ3n) is 5.56. The van der Waals surface area contributed by atoms with Crippen LogP contribution in [0.1, 0.15) is 23.3 Å². The molecule has 0 bridgehead atoms. The quantitative estimate of drug-likeness (QED) is 0.781. The molecule has 1 amide bonds. The molecule has 1 aliphatic rings. The Bertz CT molecular complexity index is 787. The van der Waals surface area contributed by atoms with Gasteiger partial charge in [-0.05, 0) is 57.5 Å². The van der Waals surface area contributed by atoms with E-state index in [1.807, 2.05) is 37.4 Å². The van der Waals surface area contributed by atoms with Crippen molar-refractivity contribution in [1.29, 1.82) is 0 Å². The number of likely N-dealkylation sites (N-methyl/N-ethyl adjacent to an activating group) is 2. The van der Waals surface area contributed by atoms with Gasteiger partial charge in [0, 0.05) is 31.6 Å². The lowest BCUT2D eigenvalue weighted by Crippen LogP contribution is -2.44. The van der Waals surface area contributed by atoms with Crippen molar-refractivity contribution in [3.05, 3.63) is 36.0 Å². The van der Waals surface area contributed by atoms with Gasteiger partial charge in [0.15, 0.2) is 0 Å². The van der Waals surface area contributed by atoms with Crippen LogP contribution in [0.25, 0.3) is 10.8 Å². The van der Waals surface area contributed by atoms with Crippen molar-refractivity contribution in [2.45, 2.75) is 18.9 Å². The standard InChI is InChI=1S/C21H30N4O2/c1-23-11-9-17(10-12-23)24(2)13-14-25(3)21(26)19-15-16-7-5-6-8-18(16)20(22-19)27-4/h5-8,15,17H,9-14H2,1-4H3. The molecule has 2 heterocycles. The summed E-state index contributed by atoms with van der Waals surface area (Å²) in [6, 6.07) is 10.3. The lowest BCUT2D eigenvalue weighted by molar-refractivity contribution is 0.0752. The summed E-state index contributed by atoms with van der Waals surface area (Å²) in [7, 11) is 7.76. The van der Waals surface area contributed by atoms with E-state index in [1.54, 1.807) is 12.0 Å². The Kier molecular flexibility index (Phi) is 6.29. The van der Waals surface area contributed by atoms with Crippen LogP contribution < -0.4 is 4.74 Å². The van der Waals surface area contributed by atoms with E-state index >= 15 is 0 Å². The van der Waals surface area contributed by atoms with Gasteiger partial charge in [0.2, 0.25) is 5.88 Å². The van der Waals surface area contributed by atoms with Gasteiger partial charge in [-0.25, -0.2) is 4.98 Å². The van der Waals surface area contributed by atoms with Crippen molar-refractivity contribution < 1.29 is 9.53 Å². The molecular weight excluding hydrogens is 340 g/mol. The first-order chi connectivity index (χ1) is 13.0. The van der Waals surface area contributed by atoms with Gasteiger partial charge < -0.3 is 19.4 Å². The number of fused-ring (bicyclic) bond motifs is 1. The fourth-order valence-corrected chi connectivity index (χ4v) is 3.66. The Morgan fingerprint density at radius 2 is 1.93 bits per heavy atom. The van der Waals surface area contributed by atoms with Gasteiger partial charge in [-0.2, -0.15) is 0 Å². The summed E-state index contributed by atoms with van der Waals surface area (Å²) in [6.07, 6.45) is 2.38. The first-order valence-corrected chi connectivity index (χ1v) is 9.57. The van der Waals surface area contributed by atoms with Crippen molar-refractivity contribution in [3.8, 4) is 5.88 Å². The first kappa shape index (κ1) is 19.6. The van der Waals surface area contributed by atoms with Crippen molar-refractivity contribution in [1.82, 2.24) is 19.7 Å². The van der Waals surface area contributed by atoms with Crippen molar-refractivity contribution >= 4 is 16.7 Å². The second-order valence-corrected chi connectivity index (χ2v) is 7.48. The molecule has 3 rings (SSSR count). The molecule has 1 aromatic carbocycles. The number of amides is 1. The number of nitrogens with zero attached hydrogens (tertiary/aromatic N) is 4. The van der Waals surface area contributed by atoms with Crippen molar-refractivity contribution in [3.63, 3.8) is 0 Å². The SMILES string of the molecule is COc1nc(C(=O)N(C)CCN(C)C2CCN(C)CC2)cc2ccccc12. The molecule has 6 heteroatoms. The zero-order chi connectivity index (χ0) is 19.4. The van der Waals surface area contributed by atoms with Gasteiger partial charge in [0.1, 0.15) is 5.69 Å². The van der Waals surface area contributed by atoms with Gasteiger partial charge in [0.05, 0.1) is 7.11 Å².